The third-order valence-electron chi connectivity index (χ3n) is 3.11. The van der Waals surface area contributed by atoms with Gasteiger partial charge in [0.1, 0.15) is 6.04 Å². The summed E-state index contributed by atoms with van der Waals surface area (Å²) in [7, 11) is 0. The van der Waals surface area contributed by atoms with Gasteiger partial charge in [-0.25, -0.2) is 4.79 Å². The van der Waals surface area contributed by atoms with Gasteiger partial charge in [-0.2, -0.15) is 0 Å². The second-order valence-corrected chi connectivity index (χ2v) is 6.29. The molecule has 0 radical (unpaired) electrons. The Balaban J connectivity index is 1.91. The number of amides is 1. The SMILES string of the molecule is O=C(CSc1ccccc1Cl)N[C@@H](Cc1ccccc1)C(=O)O. The minimum Gasteiger partial charge on any atom is -0.480 e. The zero-order chi connectivity index (χ0) is 16.7. The highest BCUT2D eigenvalue weighted by Gasteiger charge is 2.20. The number of carboxylic acids is 1. The number of benzene rings is 2. The van der Waals surface area contributed by atoms with Crippen LogP contribution in [0.4, 0.5) is 0 Å². The molecule has 0 heterocycles. The molecule has 0 fully saturated rings. The molecule has 1 amide bonds. The summed E-state index contributed by atoms with van der Waals surface area (Å²) >= 11 is 7.30. The van der Waals surface area contributed by atoms with Crippen molar-refractivity contribution in [2.24, 2.45) is 0 Å². The predicted molar refractivity (Wildman–Crippen MR) is 91.9 cm³/mol. The lowest BCUT2D eigenvalue weighted by molar-refractivity contribution is -0.141. The molecule has 2 aromatic rings. The maximum atomic E-state index is 12.0. The van der Waals surface area contributed by atoms with Crippen molar-refractivity contribution in [3.8, 4) is 0 Å². The molecule has 120 valence electrons. The second-order valence-electron chi connectivity index (χ2n) is 4.87. The predicted octanol–water partition coefficient (Wildman–Crippen LogP) is 3.24. The third kappa shape index (κ3) is 5.62. The van der Waals surface area contributed by atoms with Gasteiger partial charge in [-0.15, -0.1) is 11.8 Å². The molecule has 2 N–H and O–H groups in total. The Morgan fingerprint density at radius 2 is 1.74 bits per heavy atom. The van der Waals surface area contributed by atoms with Crippen LogP contribution in [0.15, 0.2) is 59.5 Å². The van der Waals surface area contributed by atoms with E-state index in [0.717, 1.165) is 10.5 Å². The Labute approximate surface area is 143 Å². The number of carboxylic acid groups (broad SMARTS) is 1. The van der Waals surface area contributed by atoms with Gasteiger partial charge in [-0.05, 0) is 17.7 Å². The summed E-state index contributed by atoms with van der Waals surface area (Å²) in [5.74, 6) is -1.27. The van der Waals surface area contributed by atoms with E-state index in [-0.39, 0.29) is 18.1 Å². The molecule has 0 aliphatic carbocycles. The number of nitrogens with one attached hydrogen (secondary N) is 1. The van der Waals surface area contributed by atoms with Crippen molar-refractivity contribution in [2.75, 3.05) is 5.75 Å². The van der Waals surface area contributed by atoms with Gasteiger partial charge in [-0.1, -0.05) is 54.1 Å². The Kier molecular flexibility index (Phi) is 6.50. The minimum absolute atomic E-state index is 0.113. The highest BCUT2D eigenvalue weighted by molar-refractivity contribution is 8.00. The number of carbonyl (C=O) groups excluding carboxylic acids is 1. The highest BCUT2D eigenvalue weighted by atomic mass is 35.5. The topological polar surface area (TPSA) is 66.4 Å². The van der Waals surface area contributed by atoms with Crippen molar-refractivity contribution in [2.45, 2.75) is 17.4 Å². The van der Waals surface area contributed by atoms with Crippen LogP contribution in [0, 0.1) is 0 Å². The number of hydrogen-bond donors (Lipinski definition) is 2. The van der Waals surface area contributed by atoms with Crippen LogP contribution in [-0.2, 0) is 16.0 Å². The first-order valence-electron chi connectivity index (χ1n) is 6.99. The third-order valence-corrected chi connectivity index (χ3v) is 4.63. The van der Waals surface area contributed by atoms with E-state index in [1.165, 1.54) is 11.8 Å². The zero-order valence-corrected chi connectivity index (χ0v) is 13.8. The van der Waals surface area contributed by atoms with E-state index in [1.54, 1.807) is 6.07 Å². The van der Waals surface area contributed by atoms with Crippen LogP contribution < -0.4 is 5.32 Å². The summed E-state index contributed by atoms with van der Waals surface area (Å²) in [5, 5.41) is 12.4. The van der Waals surface area contributed by atoms with Crippen molar-refractivity contribution in [1.29, 1.82) is 0 Å². The maximum Gasteiger partial charge on any atom is 0.326 e. The number of carbonyl (C=O) groups is 2. The first-order chi connectivity index (χ1) is 11.1. The summed E-state index contributed by atoms with van der Waals surface area (Å²) in [6.45, 7) is 0. The standard InChI is InChI=1S/C17H16ClNO3S/c18-13-8-4-5-9-15(13)23-11-16(20)19-14(17(21)22)10-12-6-2-1-3-7-12/h1-9,14H,10-11H2,(H,19,20)(H,21,22)/t14-/m0/s1. The molecule has 0 saturated carbocycles. The number of halogens is 1. The molecular weight excluding hydrogens is 334 g/mol. The van der Waals surface area contributed by atoms with Gasteiger partial charge >= 0.3 is 5.97 Å². The molecule has 6 heteroatoms. The molecule has 0 aliphatic heterocycles. The summed E-state index contributed by atoms with van der Waals surface area (Å²) in [6, 6.07) is 15.5. The van der Waals surface area contributed by atoms with Gasteiger partial charge < -0.3 is 10.4 Å². The average molecular weight is 350 g/mol. The van der Waals surface area contributed by atoms with Gasteiger partial charge in [0.05, 0.1) is 10.8 Å². The second kappa shape index (κ2) is 8.60. The molecule has 23 heavy (non-hydrogen) atoms. The molecule has 2 rings (SSSR count). The lowest BCUT2D eigenvalue weighted by Gasteiger charge is -2.14. The van der Waals surface area contributed by atoms with Crippen molar-refractivity contribution in [3.63, 3.8) is 0 Å². The maximum absolute atomic E-state index is 12.0. The normalized spacial score (nSPS) is 11.7. The Morgan fingerprint density at radius 3 is 2.39 bits per heavy atom. The van der Waals surface area contributed by atoms with E-state index in [4.69, 9.17) is 11.6 Å². The highest BCUT2D eigenvalue weighted by Crippen LogP contribution is 2.26. The molecule has 0 aromatic heterocycles. The van der Waals surface area contributed by atoms with Crippen LogP contribution in [0.3, 0.4) is 0 Å². The lowest BCUT2D eigenvalue weighted by atomic mass is 10.1. The van der Waals surface area contributed by atoms with Crippen LogP contribution in [-0.4, -0.2) is 28.8 Å². The molecule has 2 aromatic carbocycles. The summed E-state index contributed by atoms with van der Waals surface area (Å²) in [4.78, 5) is 24.1. The Hall–Kier alpha value is -1.98. The largest absolute Gasteiger partial charge is 0.480 e. The number of aliphatic carboxylic acids is 1. The first kappa shape index (κ1) is 17.4. The molecule has 0 bridgehead atoms. The van der Waals surface area contributed by atoms with Gasteiger partial charge in [0.15, 0.2) is 0 Å². The van der Waals surface area contributed by atoms with Crippen LogP contribution in [0.1, 0.15) is 5.56 Å². The summed E-state index contributed by atoms with van der Waals surface area (Å²) in [5.41, 5.74) is 0.860. The van der Waals surface area contributed by atoms with Crippen molar-refractivity contribution in [3.05, 3.63) is 65.2 Å². The fraction of sp³-hybridized carbons (Fsp3) is 0.176. The van der Waals surface area contributed by atoms with E-state index < -0.39 is 12.0 Å². The van der Waals surface area contributed by atoms with Crippen LogP contribution in [0.5, 0.6) is 0 Å². The number of thioether (sulfide) groups is 1. The average Bonchev–Trinajstić information content (AvgIpc) is 2.54. The summed E-state index contributed by atoms with van der Waals surface area (Å²) < 4.78 is 0. The van der Waals surface area contributed by atoms with Gasteiger partial charge in [0, 0.05) is 11.3 Å². The Bertz CT molecular complexity index is 679. The van der Waals surface area contributed by atoms with E-state index in [2.05, 4.69) is 5.32 Å². The molecule has 4 nitrogen and oxygen atoms in total. The smallest absolute Gasteiger partial charge is 0.326 e. The van der Waals surface area contributed by atoms with E-state index in [9.17, 15) is 14.7 Å². The molecule has 0 saturated heterocycles. The molecule has 0 unspecified atom stereocenters. The quantitative estimate of drug-likeness (QED) is 0.753. The lowest BCUT2D eigenvalue weighted by Crippen LogP contribution is -2.43. The number of hydrogen-bond acceptors (Lipinski definition) is 3. The molecule has 0 aliphatic rings. The fourth-order valence-corrected chi connectivity index (χ4v) is 3.04. The molecule has 1 atom stereocenters. The fourth-order valence-electron chi connectivity index (χ4n) is 1.99. The van der Waals surface area contributed by atoms with Crippen molar-refractivity contribution in [1.82, 2.24) is 5.32 Å². The number of rotatable bonds is 7. The Morgan fingerprint density at radius 1 is 1.09 bits per heavy atom. The van der Waals surface area contributed by atoms with Gasteiger partial charge in [-0.3, -0.25) is 4.79 Å². The zero-order valence-electron chi connectivity index (χ0n) is 12.2. The van der Waals surface area contributed by atoms with Gasteiger partial charge in [0.2, 0.25) is 5.91 Å². The monoisotopic (exact) mass is 349 g/mol. The van der Waals surface area contributed by atoms with Crippen LogP contribution in [0.2, 0.25) is 5.02 Å². The molecule has 0 spiro atoms. The van der Waals surface area contributed by atoms with Crippen molar-refractivity contribution >= 4 is 35.2 Å². The van der Waals surface area contributed by atoms with Crippen LogP contribution >= 0.6 is 23.4 Å². The van der Waals surface area contributed by atoms with Gasteiger partial charge in [0.25, 0.3) is 0 Å². The van der Waals surface area contributed by atoms with E-state index in [1.807, 2.05) is 48.5 Å². The molecular formula is C17H16ClNO3S. The first-order valence-corrected chi connectivity index (χ1v) is 8.36. The van der Waals surface area contributed by atoms with E-state index in [0.29, 0.717) is 5.02 Å². The van der Waals surface area contributed by atoms with Crippen molar-refractivity contribution < 1.29 is 14.7 Å². The van der Waals surface area contributed by atoms with E-state index >= 15 is 0 Å². The summed E-state index contributed by atoms with van der Waals surface area (Å²) in [6.07, 6.45) is 0.249. The van der Waals surface area contributed by atoms with Crippen LogP contribution in [0.25, 0.3) is 0 Å². The minimum atomic E-state index is -1.05.